The first-order valence-corrected chi connectivity index (χ1v) is 5.87. The summed E-state index contributed by atoms with van der Waals surface area (Å²) in [7, 11) is 1.70. The summed E-state index contributed by atoms with van der Waals surface area (Å²) < 4.78 is 5.52. The third-order valence-electron chi connectivity index (χ3n) is 3.24. The molecule has 2 heteroatoms. The van der Waals surface area contributed by atoms with Gasteiger partial charge in [0.1, 0.15) is 5.75 Å². The molecule has 1 rings (SSSR count). The van der Waals surface area contributed by atoms with Crippen LogP contribution in [0.4, 0.5) is 0 Å². The highest BCUT2D eigenvalue weighted by Gasteiger charge is 2.22. The molecule has 0 N–H and O–H groups in total. The smallest absolute Gasteiger partial charge is 0.125 e. The molecule has 0 spiro atoms. The number of methoxy groups -OCH3 is 1. The first-order valence-electron chi connectivity index (χ1n) is 5.87. The summed E-state index contributed by atoms with van der Waals surface area (Å²) in [6.07, 6.45) is 0.722. The van der Waals surface area contributed by atoms with Gasteiger partial charge in [0.15, 0.2) is 0 Å². The number of ether oxygens (including phenoxy) is 1. The Morgan fingerprint density at radius 3 is 2.29 bits per heavy atom. The maximum atomic E-state index is 9.14. The van der Waals surface area contributed by atoms with E-state index in [1.807, 2.05) is 13.8 Å². The van der Waals surface area contributed by atoms with Crippen molar-refractivity contribution in [3.8, 4) is 11.8 Å². The van der Waals surface area contributed by atoms with Crippen LogP contribution in [-0.2, 0) is 6.42 Å². The number of nitriles is 1. The van der Waals surface area contributed by atoms with Gasteiger partial charge < -0.3 is 4.74 Å². The Morgan fingerprint density at radius 1 is 1.24 bits per heavy atom. The van der Waals surface area contributed by atoms with Crippen molar-refractivity contribution in [2.24, 2.45) is 5.41 Å². The Balaban J connectivity index is 3.34. The van der Waals surface area contributed by atoms with Crippen LogP contribution in [0.5, 0.6) is 5.75 Å². The molecule has 0 aliphatic heterocycles. The molecule has 0 amide bonds. The minimum absolute atomic E-state index is 0.361. The lowest BCUT2D eigenvalue weighted by Crippen LogP contribution is -2.14. The van der Waals surface area contributed by atoms with Crippen LogP contribution in [0.3, 0.4) is 0 Å². The second-order valence-corrected chi connectivity index (χ2v) is 5.32. The van der Waals surface area contributed by atoms with Gasteiger partial charge in [0.2, 0.25) is 0 Å². The largest absolute Gasteiger partial charge is 0.496 e. The fourth-order valence-electron chi connectivity index (χ4n) is 2.08. The van der Waals surface area contributed by atoms with E-state index >= 15 is 0 Å². The SMILES string of the molecule is COc1c(C)c(C)cc(C)c1CC(C)(C)C#N. The van der Waals surface area contributed by atoms with Crippen LogP contribution in [0.25, 0.3) is 0 Å². The molecule has 0 saturated carbocycles. The molecule has 0 heterocycles. The summed E-state index contributed by atoms with van der Waals surface area (Å²) in [4.78, 5) is 0. The van der Waals surface area contributed by atoms with Gasteiger partial charge in [-0.05, 0) is 63.3 Å². The lowest BCUT2D eigenvalue weighted by molar-refractivity contribution is 0.395. The van der Waals surface area contributed by atoms with Crippen molar-refractivity contribution in [1.29, 1.82) is 5.26 Å². The zero-order chi connectivity index (χ0) is 13.2. The van der Waals surface area contributed by atoms with Gasteiger partial charge in [-0.15, -0.1) is 0 Å². The average Bonchev–Trinajstić information content (AvgIpc) is 2.26. The molecule has 0 saturated heterocycles. The van der Waals surface area contributed by atoms with Crippen LogP contribution in [0.1, 0.15) is 36.1 Å². The van der Waals surface area contributed by atoms with E-state index in [4.69, 9.17) is 10.00 Å². The number of hydrogen-bond acceptors (Lipinski definition) is 2. The summed E-state index contributed by atoms with van der Waals surface area (Å²) in [5, 5.41) is 9.14. The molecule has 0 aliphatic carbocycles. The third kappa shape index (κ3) is 2.79. The molecule has 1 aromatic carbocycles. The van der Waals surface area contributed by atoms with Crippen LogP contribution >= 0.6 is 0 Å². The molecular weight excluding hydrogens is 210 g/mol. The van der Waals surface area contributed by atoms with Crippen LogP contribution in [0.15, 0.2) is 6.07 Å². The fraction of sp³-hybridized carbons (Fsp3) is 0.533. The quantitative estimate of drug-likeness (QED) is 0.794. The molecule has 17 heavy (non-hydrogen) atoms. The lowest BCUT2D eigenvalue weighted by atomic mass is 9.84. The maximum Gasteiger partial charge on any atom is 0.125 e. The highest BCUT2D eigenvalue weighted by atomic mass is 16.5. The van der Waals surface area contributed by atoms with E-state index in [0.717, 1.165) is 17.7 Å². The van der Waals surface area contributed by atoms with Gasteiger partial charge in [-0.2, -0.15) is 5.26 Å². The normalized spacial score (nSPS) is 11.1. The fourth-order valence-corrected chi connectivity index (χ4v) is 2.08. The van der Waals surface area contributed by atoms with E-state index in [-0.39, 0.29) is 5.41 Å². The van der Waals surface area contributed by atoms with Crippen LogP contribution in [-0.4, -0.2) is 7.11 Å². The van der Waals surface area contributed by atoms with Crippen molar-refractivity contribution < 1.29 is 4.74 Å². The van der Waals surface area contributed by atoms with Gasteiger partial charge in [-0.25, -0.2) is 0 Å². The molecule has 0 unspecified atom stereocenters. The highest BCUT2D eigenvalue weighted by Crippen LogP contribution is 2.34. The van der Waals surface area contributed by atoms with E-state index in [0.29, 0.717) is 0 Å². The predicted octanol–water partition coefficient (Wildman–Crippen LogP) is 3.71. The summed E-state index contributed by atoms with van der Waals surface area (Å²) >= 11 is 0. The Bertz CT molecular complexity index is 467. The van der Waals surface area contributed by atoms with Gasteiger partial charge >= 0.3 is 0 Å². The summed E-state index contributed by atoms with van der Waals surface area (Å²) in [5.74, 6) is 0.936. The van der Waals surface area contributed by atoms with E-state index in [2.05, 4.69) is 32.9 Å². The topological polar surface area (TPSA) is 33.0 Å². The van der Waals surface area contributed by atoms with Crippen molar-refractivity contribution in [2.75, 3.05) is 7.11 Å². The zero-order valence-electron chi connectivity index (χ0n) is 11.6. The van der Waals surface area contributed by atoms with Crippen molar-refractivity contribution in [3.05, 3.63) is 28.3 Å². The number of aryl methyl sites for hydroxylation is 2. The standard InChI is InChI=1S/C15H21NO/c1-10-7-11(2)13(8-15(4,5)9-16)14(17-6)12(10)3/h7H,8H2,1-6H3. The molecule has 0 bridgehead atoms. The van der Waals surface area contributed by atoms with Crippen molar-refractivity contribution in [3.63, 3.8) is 0 Å². The maximum absolute atomic E-state index is 9.14. The molecule has 0 aliphatic rings. The van der Waals surface area contributed by atoms with Gasteiger partial charge in [-0.1, -0.05) is 6.07 Å². The number of rotatable bonds is 3. The first-order chi connectivity index (χ1) is 7.82. The zero-order valence-corrected chi connectivity index (χ0v) is 11.6. The van der Waals surface area contributed by atoms with Gasteiger partial charge in [-0.3, -0.25) is 0 Å². The van der Waals surface area contributed by atoms with E-state index in [1.54, 1.807) is 7.11 Å². The monoisotopic (exact) mass is 231 g/mol. The number of nitrogens with zero attached hydrogens (tertiary/aromatic N) is 1. The summed E-state index contributed by atoms with van der Waals surface area (Å²) in [6.45, 7) is 10.2. The Labute approximate surface area is 104 Å². The number of hydrogen-bond donors (Lipinski definition) is 0. The third-order valence-corrected chi connectivity index (χ3v) is 3.24. The molecule has 0 aromatic heterocycles. The van der Waals surface area contributed by atoms with Crippen LogP contribution in [0, 0.1) is 37.5 Å². The average molecular weight is 231 g/mol. The Hall–Kier alpha value is -1.49. The molecule has 0 fully saturated rings. The Kier molecular flexibility index (Phi) is 3.83. The van der Waals surface area contributed by atoms with Crippen LogP contribution < -0.4 is 4.74 Å². The minimum Gasteiger partial charge on any atom is -0.496 e. The van der Waals surface area contributed by atoms with Gasteiger partial charge in [0.05, 0.1) is 18.6 Å². The van der Waals surface area contributed by atoms with Gasteiger partial charge in [0.25, 0.3) is 0 Å². The second kappa shape index (κ2) is 4.79. The van der Waals surface area contributed by atoms with E-state index in [9.17, 15) is 0 Å². The number of benzene rings is 1. The summed E-state index contributed by atoms with van der Waals surface area (Å²) in [5.41, 5.74) is 4.40. The van der Waals surface area contributed by atoms with Crippen molar-refractivity contribution in [1.82, 2.24) is 0 Å². The lowest BCUT2D eigenvalue weighted by Gasteiger charge is -2.21. The van der Waals surface area contributed by atoms with Crippen molar-refractivity contribution in [2.45, 2.75) is 41.0 Å². The molecule has 1 aromatic rings. The highest BCUT2D eigenvalue weighted by molar-refractivity contribution is 5.50. The van der Waals surface area contributed by atoms with E-state index in [1.165, 1.54) is 16.7 Å². The molecular formula is C15H21NO. The molecule has 2 nitrogen and oxygen atoms in total. The van der Waals surface area contributed by atoms with Crippen molar-refractivity contribution >= 4 is 0 Å². The summed E-state index contributed by atoms with van der Waals surface area (Å²) in [6, 6.07) is 4.51. The van der Waals surface area contributed by atoms with E-state index < -0.39 is 0 Å². The minimum atomic E-state index is -0.361. The first kappa shape index (κ1) is 13.6. The molecule has 0 radical (unpaired) electrons. The molecule has 0 atom stereocenters. The Morgan fingerprint density at radius 2 is 1.82 bits per heavy atom. The molecule has 92 valence electrons. The van der Waals surface area contributed by atoms with Crippen LogP contribution in [0.2, 0.25) is 0 Å². The second-order valence-electron chi connectivity index (χ2n) is 5.32. The van der Waals surface area contributed by atoms with Gasteiger partial charge in [0, 0.05) is 0 Å². The predicted molar refractivity (Wildman–Crippen MR) is 70.3 cm³/mol.